The molecule has 2 aliphatic carbocycles. The summed E-state index contributed by atoms with van der Waals surface area (Å²) in [4.78, 5) is 2.34. The number of anilines is 3. The van der Waals surface area contributed by atoms with Gasteiger partial charge in [0.1, 0.15) is 0 Å². The zero-order chi connectivity index (χ0) is 36.5. The molecule has 0 heterocycles. The molecule has 0 radical (unpaired) electrons. The molecule has 0 unspecified atom stereocenters. The molecule has 0 spiro atoms. The van der Waals surface area contributed by atoms with Crippen molar-refractivity contribution in [2.75, 3.05) is 4.90 Å². The Morgan fingerprint density at radius 3 is 1.72 bits per heavy atom. The molecule has 258 valence electrons. The fraction of sp³-hybridized carbons (Fsp3) is 0.154. The van der Waals surface area contributed by atoms with Crippen LogP contribution in [0.4, 0.5) is 17.1 Å². The molecule has 0 aliphatic heterocycles. The summed E-state index contributed by atoms with van der Waals surface area (Å²) in [6, 6.07) is 56.0. The van der Waals surface area contributed by atoms with E-state index in [-0.39, 0.29) is 10.8 Å². The van der Waals surface area contributed by atoms with Crippen LogP contribution in [0.25, 0.3) is 45.2 Å². The molecule has 53 heavy (non-hydrogen) atoms. The van der Waals surface area contributed by atoms with Crippen LogP contribution in [0.15, 0.2) is 152 Å². The molecule has 0 fully saturated rings. The van der Waals surface area contributed by atoms with Crippen molar-refractivity contribution in [2.45, 2.75) is 52.4 Å². The lowest BCUT2D eigenvalue weighted by atomic mass is 9.75. The first-order valence-corrected chi connectivity index (χ1v) is 18.8. The van der Waals surface area contributed by atoms with Gasteiger partial charge in [-0.3, -0.25) is 0 Å². The van der Waals surface area contributed by atoms with Gasteiger partial charge in [0.15, 0.2) is 0 Å². The van der Waals surface area contributed by atoms with Crippen molar-refractivity contribution >= 4 is 51.1 Å². The third-order valence-corrected chi connectivity index (χ3v) is 11.7. The molecule has 2 aliphatic rings. The van der Waals surface area contributed by atoms with Crippen LogP contribution in [0.3, 0.4) is 0 Å². The van der Waals surface area contributed by atoms with E-state index in [0.29, 0.717) is 0 Å². The summed E-state index contributed by atoms with van der Waals surface area (Å²) >= 11 is 0. The molecule has 7 aromatic rings. The Morgan fingerprint density at radius 2 is 1.02 bits per heavy atom. The molecule has 0 aromatic heterocycles. The fourth-order valence-corrected chi connectivity index (χ4v) is 9.16. The van der Waals surface area contributed by atoms with Gasteiger partial charge in [0.25, 0.3) is 0 Å². The van der Waals surface area contributed by atoms with Crippen molar-refractivity contribution in [3.8, 4) is 11.1 Å². The van der Waals surface area contributed by atoms with E-state index < -0.39 is 0 Å². The smallest absolute Gasteiger partial charge is 0.0464 e. The Bertz CT molecular complexity index is 2580. The monoisotopic (exact) mass is 683 g/mol. The lowest BCUT2D eigenvalue weighted by Crippen LogP contribution is -2.19. The van der Waals surface area contributed by atoms with Gasteiger partial charge in [0, 0.05) is 27.9 Å². The highest BCUT2D eigenvalue weighted by Gasteiger charge is 2.49. The van der Waals surface area contributed by atoms with Crippen LogP contribution in [-0.2, 0) is 10.8 Å². The molecule has 7 aromatic carbocycles. The van der Waals surface area contributed by atoms with Gasteiger partial charge in [-0.25, -0.2) is 0 Å². The van der Waals surface area contributed by atoms with Crippen molar-refractivity contribution in [3.63, 3.8) is 0 Å². The Morgan fingerprint density at radius 1 is 0.434 bits per heavy atom. The van der Waals surface area contributed by atoms with Gasteiger partial charge < -0.3 is 4.90 Å². The number of aryl methyl sites for hydroxylation is 2. The molecular weight excluding hydrogens is 639 g/mol. The van der Waals surface area contributed by atoms with Gasteiger partial charge in [-0.1, -0.05) is 149 Å². The summed E-state index contributed by atoms with van der Waals surface area (Å²) in [7, 11) is 0. The minimum Gasteiger partial charge on any atom is -0.310 e. The van der Waals surface area contributed by atoms with Crippen molar-refractivity contribution in [1.29, 1.82) is 0 Å². The van der Waals surface area contributed by atoms with E-state index in [4.69, 9.17) is 0 Å². The average Bonchev–Trinajstić information content (AvgIpc) is 3.55. The Hall–Kier alpha value is -5.92. The molecular formula is C52H45N. The van der Waals surface area contributed by atoms with Crippen LogP contribution < -0.4 is 4.90 Å². The van der Waals surface area contributed by atoms with E-state index in [2.05, 4.69) is 210 Å². The highest BCUT2D eigenvalue weighted by Crippen LogP contribution is 2.62. The number of hydrogen-bond donors (Lipinski definition) is 0. The maximum absolute atomic E-state index is 2.47. The lowest BCUT2D eigenvalue weighted by Gasteiger charge is -2.28. The Kier molecular flexibility index (Phi) is 7.68. The van der Waals surface area contributed by atoms with Crippen LogP contribution in [0, 0.1) is 13.8 Å². The predicted molar refractivity (Wildman–Crippen MR) is 228 cm³/mol. The highest BCUT2D eigenvalue weighted by molar-refractivity contribution is 6.10. The van der Waals surface area contributed by atoms with Crippen molar-refractivity contribution in [1.82, 2.24) is 0 Å². The zero-order valence-electron chi connectivity index (χ0n) is 31.5. The fourth-order valence-electron chi connectivity index (χ4n) is 9.16. The van der Waals surface area contributed by atoms with E-state index >= 15 is 0 Å². The topological polar surface area (TPSA) is 3.24 Å². The van der Waals surface area contributed by atoms with E-state index in [0.717, 1.165) is 17.1 Å². The van der Waals surface area contributed by atoms with Gasteiger partial charge >= 0.3 is 0 Å². The van der Waals surface area contributed by atoms with E-state index in [9.17, 15) is 0 Å². The van der Waals surface area contributed by atoms with Crippen LogP contribution in [0.5, 0.6) is 0 Å². The number of fused-ring (bicyclic) bond motifs is 5. The summed E-state index contributed by atoms with van der Waals surface area (Å²) in [5.41, 5.74) is 19.5. The second-order valence-corrected chi connectivity index (χ2v) is 16.0. The van der Waals surface area contributed by atoms with Gasteiger partial charge in [-0.2, -0.15) is 0 Å². The number of nitrogens with zero attached hydrogens (tertiary/aromatic N) is 1. The van der Waals surface area contributed by atoms with Gasteiger partial charge in [-0.15, -0.1) is 0 Å². The lowest BCUT2D eigenvalue weighted by molar-refractivity contribution is 0.694. The molecule has 1 heteroatoms. The summed E-state index contributed by atoms with van der Waals surface area (Å²) in [5.74, 6) is 0. The van der Waals surface area contributed by atoms with Crippen LogP contribution in [0.2, 0.25) is 0 Å². The van der Waals surface area contributed by atoms with Crippen molar-refractivity contribution in [3.05, 3.63) is 196 Å². The van der Waals surface area contributed by atoms with E-state index in [1.807, 2.05) is 0 Å². The summed E-state index contributed by atoms with van der Waals surface area (Å²) in [5, 5.41) is 2.54. The molecule has 0 saturated heterocycles. The minimum atomic E-state index is -0.0737. The summed E-state index contributed by atoms with van der Waals surface area (Å²) in [6.07, 6.45) is 4.50. The van der Waals surface area contributed by atoms with Gasteiger partial charge in [0.2, 0.25) is 0 Å². The SMILES string of the molecule is Cc1cccc(N(c2ccc(C=Cc3cccc4c(-c5ccc6c(c5)C(C)(C)C5=C6C(C)(C)c6ccccc65)cccc34)cc2)c2cccc(C)c2)c1. The average molecular weight is 684 g/mol. The standard InChI is InChI=1S/C52H45N/c1-34-13-9-16-40(31-34)53(41-17-10-14-35(2)32-41)39-28-24-36(25-29-39)23-26-37-15-11-21-44-42(37)19-12-20-43(44)38-27-30-46-48(33-38)52(5,6)49-45-18-7-8-22-47(45)51(3,4)50(46)49/h7-33H,1-6H3. The Labute approximate surface area is 314 Å². The highest BCUT2D eigenvalue weighted by atomic mass is 15.1. The molecule has 0 atom stereocenters. The third kappa shape index (κ3) is 5.37. The van der Waals surface area contributed by atoms with Crippen LogP contribution >= 0.6 is 0 Å². The molecule has 9 rings (SSSR count). The maximum Gasteiger partial charge on any atom is 0.0464 e. The number of hydrogen-bond acceptors (Lipinski definition) is 1. The van der Waals surface area contributed by atoms with E-state index in [1.54, 1.807) is 0 Å². The first-order chi connectivity index (χ1) is 25.6. The summed E-state index contributed by atoms with van der Waals surface area (Å²) < 4.78 is 0. The summed E-state index contributed by atoms with van der Waals surface area (Å²) in [6.45, 7) is 13.9. The zero-order valence-corrected chi connectivity index (χ0v) is 31.5. The van der Waals surface area contributed by atoms with E-state index in [1.165, 1.54) is 77.6 Å². The van der Waals surface area contributed by atoms with Crippen molar-refractivity contribution < 1.29 is 0 Å². The normalized spacial score (nSPS) is 15.1. The predicted octanol–water partition coefficient (Wildman–Crippen LogP) is 14.3. The van der Waals surface area contributed by atoms with Crippen molar-refractivity contribution in [2.24, 2.45) is 0 Å². The van der Waals surface area contributed by atoms with Gasteiger partial charge in [-0.05, 0) is 134 Å². The number of benzene rings is 7. The second kappa shape index (κ2) is 12.3. The van der Waals surface area contributed by atoms with Crippen LogP contribution in [0.1, 0.15) is 72.2 Å². The molecule has 0 bridgehead atoms. The van der Waals surface area contributed by atoms with Gasteiger partial charge in [0.05, 0.1) is 0 Å². The first-order valence-electron chi connectivity index (χ1n) is 18.8. The maximum atomic E-state index is 2.47. The molecule has 0 N–H and O–H groups in total. The molecule has 1 nitrogen and oxygen atoms in total. The number of allylic oxidation sites excluding steroid dienone is 2. The number of rotatable bonds is 6. The minimum absolute atomic E-state index is 0.0155. The largest absolute Gasteiger partial charge is 0.310 e. The first kappa shape index (κ1) is 33.0. The Balaban J connectivity index is 1.04. The van der Waals surface area contributed by atoms with Crippen LogP contribution in [-0.4, -0.2) is 0 Å². The second-order valence-electron chi connectivity index (χ2n) is 16.0. The molecule has 0 amide bonds. The molecule has 0 saturated carbocycles. The third-order valence-electron chi connectivity index (χ3n) is 11.7. The quantitative estimate of drug-likeness (QED) is 0.158.